The third kappa shape index (κ3) is 5.00. The molecule has 0 radical (unpaired) electrons. The summed E-state index contributed by atoms with van der Waals surface area (Å²) in [6.07, 6.45) is 2.21. The first-order chi connectivity index (χ1) is 10.1. The van der Waals surface area contributed by atoms with Gasteiger partial charge in [-0.2, -0.15) is 0 Å². The molecule has 2 aromatic rings. The van der Waals surface area contributed by atoms with Crippen molar-refractivity contribution >= 4 is 11.6 Å². The largest absolute Gasteiger partial charge is 0.326 e. The highest BCUT2D eigenvalue weighted by Crippen LogP contribution is 2.14. The lowest BCUT2D eigenvalue weighted by molar-refractivity contribution is -0.116. The maximum atomic E-state index is 11.9. The summed E-state index contributed by atoms with van der Waals surface area (Å²) in [7, 11) is 0. The highest BCUT2D eigenvalue weighted by atomic mass is 16.1. The number of anilines is 1. The molecular formula is C17H21N3O. The second-order valence-corrected chi connectivity index (χ2v) is 5.10. The van der Waals surface area contributed by atoms with Crippen molar-refractivity contribution in [1.82, 2.24) is 10.3 Å². The topological polar surface area (TPSA) is 54.0 Å². The normalized spacial score (nSPS) is 10.4. The summed E-state index contributed by atoms with van der Waals surface area (Å²) in [5, 5.41) is 6.13. The fraction of sp³-hybridized carbons (Fsp3) is 0.294. The van der Waals surface area contributed by atoms with Gasteiger partial charge < -0.3 is 10.6 Å². The molecule has 21 heavy (non-hydrogen) atoms. The Morgan fingerprint density at radius 2 is 2.00 bits per heavy atom. The Labute approximate surface area is 125 Å². The average Bonchev–Trinajstić information content (AvgIpc) is 2.49. The number of benzene rings is 1. The Kier molecular flexibility index (Phi) is 5.46. The van der Waals surface area contributed by atoms with Gasteiger partial charge in [0.2, 0.25) is 5.91 Å². The van der Waals surface area contributed by atoms with E-state index >= 15 is 0 Å². The smallest absolute Gasteiger partial charge is 0.225 e. The number of aryl methyl sites for hydroxylation is 2. The van der Waals surface area contributed by atoms with Gasteiger partial charge in [0.25, 0.3) is 0 Å². The Bertz CT molecular complexity index is 596. The zero-order chi connectivity index (χ0) is 15.1. The molecule has 0 spiro atoms. The Balaban J connectivity index is 1.71. The number of carbonyl (C=O) groups excluding carboxylic acids is 1. The van der Waals surface area contributed by atoms with E-state index in [1.165, 1.54) is 11.1 Å². The van der Waals surface area contributed by atoms with E-state index in [-0.39, 0.29) is 5.91 Å². The molecule has 1 heterocycles. The van der Waals surface area contributed by atoms with Crippen LogP contribution in [0.3, 0.4) is 0 Å². The van der Waals surface area contributed by atoms with Crippen LogP contribution in [0.2, 0.25) is 0 Å². The van der Waals surface area contributed by atoms with Crippen LogP contribution in [-0.4, -0.2) is 17.4 Å². The maximum Gasteiger partial charge on any atom is 0.225 e. The number of nitrogens with one attached hydrogen (secondary N) is 2. The lowest BCUT2D eigenvalue weighted by Crippen LogP contribution is -2.21. The molecule has 1 aromatic heterocycles. The number of aromatic nitrogens is 1. The SMILES string of the molecule is Cc1ccc(NC(=O)CCNCc2ccccn2)cc1C. The van der Waals surface area contributed by atoms with Crippen molar-refractivity contribution in [3.63, 3.8) is 0 Å². The van der Waals surface area contributed by atoms with Gasteiger partial charge in [0.05, 0.1) is 5.69 Å². The van der Waals surface area contributed by atoms with Crippen LogP contribution in [0.25, 0.3) is 0 Å². The summed E-state index contributed by atoms with van der Waals surface area (Å²) in [5.74, 6) is 0.0202. The summed E-state index contributed by atoms with van der Waals surface area (Å²) in [5.41, 5.74) is 4.24. The van der Waals surface area contributed by atoms with Gasteiger partial charge in [0.1, 0.15) is 0 Å². The van der Waals surface area contributed by atoms with Crippen LogP contribution >= 0.6 is 0 Å². The number of hydrogen-bond donors (Lipinski definition) is 2. The molecule has 0 bridgehead atoms. The quantitative estimate of drug-likeness (QED) is 0.802. The van der Waals surface area contributed by atoms with E-state index in [1.807, 2.05) is 43.3 Å². The standard InChI is InChI=1S/C17H21N3O/c1-13-6-7-15(11-14(13)2)20-17(21)8-10-18-12-16-5-3-4-9-19-16/h3-7,9,11,18H,8,10,12H2,1-2H3,(H,20,21). The van der Waals surface area contributed by atoms with Crippen molar-refractivity contribution in [3.8, 4) is 0 Å². The first kappa shape index (κ1) is 15.2. The number of nitrogens with zero attached hydrogens (tertiary/aromatic N) is 1. The van der Waals surface area contributed by atoms with Gasteiger partial charge in [-0.3, -0.25) is 9.78 Å². The second-order valence-electron chi connectivity index (χ2n) is 5.10. The minimum Gasteiger partial charge on any atom is -0.326 e. The molecule has 0 aliphatic heterocycles. The molecular weight excluding hydrogens is 262 g/mol. The van der Waals surface area contributed by atoms with Gasteiger partial charge in [0.15, 0.2) is 0 Å². The Morgan fingerprint density at radius 1 is 1.14 bits per heavy atom. The van der Waals surface area contributed by atoms with E-state index in [9.17, 15) is 4.79 Å². The van der Waals surface area contributed by atoms with Crippen LogP contribution in [-0.2, 0) is 11.3 Å². The molecule has 1 amide bonds. The zero-order valence-corrected chi connectivity index (χ0v) is 12.5. The summed E-state index contributed by atoms with van der Waals surface area (Å²) >= 11 is 0. The van der Waals surface area contributed by atoms with Crippen molar-refractivity contribution in [2.75, 3.05) is 11.9 Å². The van der Waals surface area contributed by atoms with E-state index < -0.39 is 0 Å². The summed E-state index contributed by atoms with van der Waals surface area (Å²) in [6, 6.07) is 11.7. The van der Waals surface area contributed by atoms with Crippen molar-refractivity contribution in [2.24, 2.45) is 0 Å². The molecule has 0 saturated heterocycles. The van der Waals surface area contributed by atoms with Crippen LogP contribution in [0.4, 0.5) is 5.69 Å². The lowest BCUT2D eigenvalue weighted by Gasteiger charge is -2.08. The molecule has 1 aromatic carbocycles. The van der Waals surface area contributed by atoms with Crippen LogP contribution < -0.4 is 10.6 Å². The highest BCUT2D eigenvalue weighted by Gasteiger charge is 2.03. The zero-order valence-electron chi connectivity index (χ0n) is 12.5. The first-order valence-corrected chi connectivity index (χ1v) is 7.13. The number of hydrogen-bond acceptors (Lipinski definition) is 3. The van der Waals surface area contributed by atoms with E-state index in [2.05, 4.69) is 22.5 Å². The molecule has 0 saturated carbocycles. The molecule has 0 atom stereocenters. The molecule has 4 heteroatoms. The number of amides is 1. The highest BCUT2D eigenvalue weighted by molar-refractivity contribution is 5.90. The van der Waals surface area contributed by atoms with Gasteiger partial charge in [-0.15, -0.1) is 0 Å². The van der Waals surface area contributed by atoms with Gasteiger partial charge in [-0.1, -0.05) is 12.1 Å². The minimum atomic E-state index is 0.0202. The molecule has 0 unspecified atom stereocenters. The van der Waals surface area contributed by atoms with Crippen LogP contribution in [0.15, 0.2) is 42.6 Å². The predicted molar refractivity (Wildman–Crippen MR) is 85.1 cm³/mol. The Hall–Kier alpha value is -2.20. The number of pyridine rings is 1. The summed E-state index contributed by atoms with van der Waals surface area (Å²) < 4.78 is 0. The average molecular weight is 283 g/mol. The van der Waals surface area contributed by atoms with Gasteiger partial charge >= 0.3 is 0 Å². The molecule has 110 valence electrons. The summed E-state index contributed by atoms with van der Waals surface area (Å²) in [4.78, 5) is 16.1. The lowest BCUT2D eigenvalue weighted by atomic mass is 10.1. The van der Waals surface area contributed by atoms with Crippen LogP contribution in [0, 0.1) is 13.8 Å². The van der Waals surface area contributed by atoms with E-state index in [4.69, 9.17) is 0 Å². The third-order valence-electron chi connectivity index (χ3n) is 3.35. The molecule has 2 N–H and O–H groups in total. The van der Waals surface area contributed by atoms with Gasteiger partial charge in [0, 0.05) is 31.4 Å². The first-order valence-electron chi connectivity index (χ1n) is 7.13. The molecule has 0 aliphatic rings. The second kappa shape index (κ2) is 7.55. The predicted octanol–water partition coefficient (Wildman–Crippen LogP) is 2.82. The summed E-state index contributed by atoms with van der Waals surface area (Å²) in [6.45, 7) is 5.41. The Morgan fingerprint density at radius 3 is 2.71 bits per heavy atom. The van der Waals surface area contributed by atoms with Crippen LogP contribution in [0.1, 0.15) is 23.2 Å². The third-order valence-corrected chi connectivity index (χ3v) is 3.35. The molecule has 0 aliphatic carbocycles. The van der Waals surface area contributed by atoms with Crippen molar-refractivity contribution in [1.29, 1.82) is 0 Å². The van der Waals surface area contributed by atoms with E-state index in [1.54, 1.807) is 6.20 Å². The van der Waals surface area contributed by atoms with Crippen molar-refractivity contribution < 1.29 is 4.79 Å². The van der Waals surface area contributed by atoms with E-state index in [0.29, 0.717) is 19.5 Å². The molecule has 0 fully saturated rings. The minimum absolute atomic E-state index is 0.0202. The van der Waals surface area contributed by atoms with Gasteiger partial charge in [-0.05, 0) is 49.2 Å². The number of carbonyl (C=O) groups is 1. The monoisotopic (exact) mass is 283 g/mol. The van der Waals surface area contributed by atoms with Crippen LogP contribution in [0.5, 0.6) is 0 Å². The maximum absolute atomic E-state index is 11.9. The number of rotatable bonds is 6. The van der Waals surface area contributed by atoms with Crippen molar-refractivity contribution in [3.05, 3.63) is 59.4 Å². The van der Waals surface area contributed by atoms with Crippen molar-refractivity contribution in [2.45, 2.75) is 26.8 Å². The fourth-order valence-corrected chi connectivity index (χ4v) is 1.96. The van der Waals surface area contributed by atoms with Gasteiger partial charge in [-0.25, -0.2) is 0 Å². The molecule has 2 rings (SSSR count). The fourth-order valence-electron chi connectivity index (χ4n) is 1.96. The van der Waals surface area contributed by atoms with E-state index in [0.717, 1.165) is 11.4 Å². The molecule has 4 nitrogen and oxygen atoms in total.